The van der Waals surface area contributed by atoms with Crippen LogP contribution in [0.3, 0.4) is 0 Å². The summed E-state index contributed by atoms with van der Waals surface area (Å²) in [5.74, 6) is 0.376. The Balaban J connectivity index is 1.98. The molecule has 3 heteroatoms. The first-order chi connectivity index (χ1) is 9.74. The van der Waals surface area contributed by atoms with Crippen molar-refractivity contribution in [2.24, 2.45) is 5.41 Å². The maximum Gasteiger partial charge on any atom is 0.115 e. The van der Waals surface area contributed by atoms with Crippen molar-refractivity contribution in [2.75, 3.05) is 26.8 Å². The van der Waals surface area contributed by atoms with Gasteiger partial charge < -0.3 is 15.2 Å². The van der Waals surface area contributed by atoms with Gasteiger partial charge in [0.1, 0.15) is 5.75 Å². The molecule has 1 aromatic rings. The molecule has 0 aromatic heterocycles. The molecule has 0 bridgehead atoms. The van der Waals surface area contributed by atoms with Gasteiger partial charge in [0.15, 0.2) is 0 Å². The Bertz CT molecular complexity index is 400. The van der Waals surface area contributed by atoms with Crippen molar-refractivity contribution in [3.8, 4) is 5.75 Å². The summed E-state index contributed by atoms with van der Waals surface area (Å²) in [5, 5.41) is 13.2. The second-order valence-corrected chi connectivity index (χ2v) is 6.08. The Hall–Kier alpha value is -1.06. The van der Waals surface area contributed by atoms with E-state index in [1.165, 1.54) is 37.7 Å². The summed E-state index contributed by atoms with van der Waals surface area (Å²) >= 11 is 0. The first-order valence-electron chi connectivity index (χ1n) is 7.72. The van der Waals surface area contributed by atoms with Gasteiger partial charge in [-0.3, -0.25) is 0 Å². The molecule has 1 fully saturated rings. The zero-order valence-corrected chi connectivity index (χ0v) is 12.5. The molecule has 0 saturated heterocycles. The quantitative estimate of drug-likeness (QED) is 0.752. The van der Waals surface area contributed by atoms with Crippen LogP contribution in [0.15, 0.2) is 24.3 Å². The molecule has 0 atom stereocenters. The predicted molar refractivity (Wildman–Crippen MR) is 82.1 cm³/mol. The van der Waals surface area contributed by atoms with Gasteiger partial charge in [-0.25, -0.2) is 0 Å². The minimum atomic E-state index is 0.347. The molecule has 112 valence electrons. The van der Waals surface area contributed by atoms with Crippen molar-refractivity contribution < 1.29 is 9.84 Å². The molecule has 0 aliphatic heterocycles. The van der Waals surface area contributed by atoms with Crippen LogP contribution < -0.4 is 5.32 Å². The van der Waals surface area contributed by atoms with Crippen LogP contribution >= 0.6 is 0 Å². The standard InChI is InChI=1S/C17H27NO2/c1-20-11-10-18-14-17(8-3-2-4-9-17)13-15-6-5-7-16(19)12-15/h5-7,12,18-19H,2-4,8-11,13-14H2,1H3. The van der Waals surface area contributed by atoms with Crippen molar-refractivity contribution in [2.45, 2.75) is 38.5 Å². The molecule has 3 nitrogen and oxygen atoms in total. The molecular formula is C17H27NO2. The van der Waals surface area contributed by atoms with Crippen LogP contribution in [0.4, 0.5) is 0 Å². The topological polar surface area (TPSA) is 41.5 Å². The third-order valence-electron chi connectivity index (χ3n) is 4.39. The molecule has 1 aliphatic carbocycles. The number of benzene rings is 1. The summed E-state index contributed by atoms with van der Waals surface area (Å²) in [5.41, 5.74) is 1.60. The number of nitrogens with one attached hydrogen (secondary N) is 1. The number of ether oxygens (including phenoxy) is 1. The van der Waals surface area contributed by atoms with Gasteiger partial charge in [-0.15, -0.1) is 0 Å². The van der Waals surface area contributed by atoms with E-state index in [-0.39, 0.29) is 0 Å². The Kier molecular flexibility index (Phi) is 5.86. The van der Waals surface area contributed by atoms with Gasteiger partial charge in [0.2, 0.25) is 0 Å². The number of rotatable bonds is 7. The third-order valence-corrected chi connectivity index (χ3v) is 4.39. The first kappa shape index (κ1) is 15.3. The average Bonchev–Trinajstić information content (AvgIpc) is 2.45. The summed E-state index contributed by atoms with van der Waals surface area (Å²) in [7, 11) is 1.74. The van der Waals surface area contributed by atoms with Gasteiger partial charge in [-0.05, 0) is 42.4 Å². The molecule has 1 saturated carbocycles. The maximum atomic E-state index is 9.64. The van der Waals surface area contributed by atoms with Crippen LogP contribution in [0.2, 0.25) is 0 Å². The fourth-order valence-corrected chi connectivity index (χ4v) is 3.35. The maximum absolute atomic E-state index is 9.64. The lowest BCUT2D eigenvalue weighted by molar-refractivity contribution is 0.162. The Labute approximate surface area is 122 Å². The van der Waals surface area contributed by atoms with Gasteiger partial charge in [0.05, 0.1) is 6.61 Å². The number of hydrogen-bond acceptors (Lipinski definition) is 3. The second kappa shape index (κ2) is 7.65. The predicted octanol–water partition coefficient (Wildman–Crippen LogP) is 3.12. The molecule has 0 spiro atoms. The van der Waals surface area contributed by atoms with Crippen LogP contribution in [0.25, 0.3) is 0 Å². The van der Waals surface area contributed by atoms with Gasteiger partial charge in [0.25, 0.3) is 0 Å². The van der Waals surface area contributed by atoms with E-state index in [2.05, 4.69) is 11.4 Å². The van der Waals surface area contributed by atoms with Crippen molar-refractivity contribution in [1.29, 1.82) is 0 Å². The van der Waals surface area contributed by atoms with Crippen molar-refractivity contribution in [3.63, 3.8) is 0 Å². The number of methoxy groups -OCH3 is 1. The number of phenolic OH excluding ortho intramolecular Hbond substituents is 1. The number of aromatic hydroxyl groups is 1. The average molecular weight is 277 g/mol. The highest BCUT2D eigenvalue weighted by Crippen LogP contribution is 2.39. The fourth-order valence-electron chi connectivity index (χ4n) is 3.35. The van der Waals surface area contributed by atoms with E-state index >= 15 is 0 Å². The molecule has 0 heterocycles. The molecular weight excluding hydrogens is 250 g/mol. The van der Waals surface area contributed by atoms with E-state index in [4.69, 9.17) is 4.74 Å². The summed E-state index contributed by atoms with van der Waals surface area (Å²) in [6.45, 7) is 2.73. The van der Waals surface area contributed by atoms with E-state index in [1.807, 2.05) is 12.1 Å². The highest BCUT2D eigenvalue weighted by Gasteiger charge is 2.31. The highest BCUT2D eigenvalue weighted by atomic mass is 16.5. The van der Waals surface area contributed by atoms with Gasteiger partial charge in [-0.1, -0.05) is 31.4 Å². The lowest BCUT2D eigenvalue weighted by Gasteiger charge is -2.38. The monoisotopic (exact) mass is 277 g/mol. The van der Waals surface area contributed by atoms with Crippen LogP contribution in [0, 0.1) is 5.41 Å². The second-order valence-electron chi connectivity index (χ2n) is 6.08. The van der Waals surface area contributed by atoms with Crippen LogP contribution in [0.1, 0.15) is 37.7 Å². The molecule has 2 N–H and O–H groups in total. The minimum absolute atomic E-state index is 0.347. The van der Waals surface area contributed by atoms with Gasteiger partial charge in [-0.2, -0.15) is 0 Å². The van der Waals surface area contributed by atoms with Crippen LogP contribution in [-0.2, 0) is 11.2 Å². The third kappa shape index (κ3) is 4.50. The van der Waals surface area contributed by atoms with Crippen LogP contribution in [-0.4, -0.2) is 31.9 Å². The number of phenols is 1. The zero-order valence-electron chi connectivity index (χ0n) is 12.5. The SMILES string of the molecule is COCCNCC1(Cc2cccc(O)c2)CCCCC1. The summed E-state index contributed by atoms with van der Waals surface area (Å²) in [6, 6.07) is 7.73. The molecule has 0 radical (unpaired) electrons. The first-order valence-corrected chi connectivity index (χ1v) is 7.72. The van der Waals surface area contributed by atoms with Gasteiger partial charge >= 0.3 is 0 Å². The zero-order chi connectivity index (χ0) is 14.3. The lowest BCUT2D eigenvalue weighted by Crippen LogP contribution is -2.39. The fraction of sp³-hybridized carbons (Fsp3) is 0.647. The van der Waals surface area contributed by atoms with Crippen molar-refractivity contribution >= 4 is 0 Å². The number of hydrogen-bond donors (Lipinski definition) is 2. The van der Waals surface area contributed by atoms with E-state index in [0.29, 0.717) is 11.2 Å². The van der Waals surface area contributed by atoms with Crippen molar-refractivity contribution in [1.82, 2.24) is 5.32 Å². The van der Waals surface area contributed by atoms with E-state index < -0.39 is 0 Å². The van der Waals surface area contributed by atoms with Crippen molar-refractivity contribution in [3.05, 3.63) is 29.8 Å². The summed E-state index contributed by atoms with van der Waals surface area (Å²) in [4.78, 5) is 0. The molecule has 0 amide bonds. The Morgan fingerprint density at radius 2 is 2.05 bits per heavy atom. The molecule has 0 unspecified atom stereocenters. The summed E-state index contributed by atoms with van der Waals surface area (Å²) < 4.78 is 5.10. The van der Waals surface area contributed by atoms with E-state index in [9.17, 15) is 5.11 Å². The highest BCUT2D eigenvalue weighted by molar-refractivity contribution is 5.28. The Morgan fingerprint density at radius 1 is 1.25 bits per heavy atom. The summed E-state index contributed by atoms with van der Waals surface area (Å²) in [6.07, 6.45) is 7.63. The van der Waals surface area contributed by atoms with E-state index in [0.717, 1.165) is 26.1 Å². The van der Waals surface area contributed by atoms with Crippen LogP contribution in [0.5, 0.6) is 5.75 Å². The van der Waals surface area contributed by atoms with Gasteiger partial charge in [0, 0.05) is 20.2 Å². The Morgan fingerprint density at radius 3 is 2.75 bits per heavy atom. The molecule has 1 aromatic carbocycles. The molecule has 2 rings (SSSR count). The smallest absolute Gasteiger partial charge is 0.115 e. The normalized spacial score (nSPS) is 18.1. The largest absolute Gasteiger partial charge is 0.508 e. The minimum Gasteiger partial charge on any atom is -0.508 e. The van der Waals surface area contributed by atoms with E-state index in [1.54, 1.807) is 13.2 Å². The molecule has 20 heavy (non-hydrogen) atoms. The molecule has 1 aliphatic rings. The lowest BCUT2D eigenvalue weighted by atomic mass is 9.70.